The summed E-state index contributed by atoms with van der Waals surface area (Å²) in [6.07, 6.45) is 0.733. The number of ketones is 1. The fourth-order valence-electron chi connectivity index (χ4n) is 2.74. The maximum atomic E-state index is 12.5. The van der Waals surface area contributed by atoms with E-state index in [2.05, 4.69) is 10.3 Å². The third-order valence-corrected chi connectivity index (χ3v) is 6.40. The lowest BCUT2D eigenvalue weighted by atomic mass is 10.2. The standard InChI is InChI=1S/C21H22N2O4S2/c1-13(21(26)18-11-10-15(28-18)12-22-14(2)24)27-20(25)9-5-8-19-23-16-6-3-4-7-17(16)29-19/h3-4,6-7,10-11,13H,5,8-9,12H2,1-2H3,(H,22,24). The van der Waals surface area contributed by atoms with E-state index in [9.17, 15) is 14.4 Å². The third kappa shape index (κ3) is 5.95. The highest BCUT2D eigenvalue weighted by Gasteiger charge is 2.21. The largest absolute Gasteiger partial charge is 0.454 e. The lowest BCUT2D eigenvalue weighted by Crippen LogP contribution is -2.23. The molecule has 1 amide bonds. The molecule has 0 aliphatic rings. The van der Waals surface area contributed by atoms with Gasteiger partial charge in [0, 0.05) is 18.2 Å². The number of para-hydroxylation sites is 1. The number of amides is 1. The molecule has 3 aromatic rings. The molecule has 0 saturated carbocycles. The summed E-state index contributed by atoms with van der Waals surface area (Å²) >= 11 is 2.92. The zero-order valence-electron chi connectivity index (χ0n) is 16.3. The van der Waals surface area contributed by atoms with Crippen molar-refractivity contribution in [3.8, 4) is 0 Å². The first-order valence-electron chi connectivity index (χ1n) is 9.33. The van der Waals surface area contributed by atoms with Gasteiger partial charge >= 0.3 is 5.97 Å². The van der Waals surface area contributed by atoms with E-state index in [0.717, 1.165) is 20.1 Å². The lowest BCUT2D eigenvalue weighted by molar-refractivity contribution is -0.146. The molecule has 0 spiro atoms. The Hall–Kier alpha value is -2.58. The molecular weight excluding hydrogens is 408 g/mol. The van der Waals surface area contributed by atoms with Gasteiger partial charge in [-0.1, -0.05) is 12.1 Å². The minimum Gasteiger partial charge on any atom is -0.454 e. The highest BCUT2D eigenvalue weighted by atomic mass is 32.1. The molecule has 0 saturated heterocycles. The number of aromatic nitrogens is 1. The average molecular weight is 431 g/mol. The molecule has 3 rings (SSSR count). The van der Waals surface area contributed by atoms with Gasteiger partial charge in [-0.25, -0.2) is 4.98 Å². The van der Waals surface area contributed by atoms with Crippen LogP contribution in [0.15, 0.2) is 36.4 Å². The summed E-state index contributed by atoms with van der Waals surface area (Å²) in [6.45, 7) is 3.41. The Labute approximate surface area is 176 Å². The van der Waals surface area contributed by atoms with Gasteiger partial charge in [-0.2, -0.15) is 0 Å². The summed E-state index contributed by atoms with van der Waals surface area (Å²) in [6, 6.07) is 11.4. The van der Waals surface area contributed by atoms with Gasteiger partial charge in [0.15, 0.2) is 6.10 Å². The molecule has 1 atom stereocenters. The number of esters is 1. The van der Waals surface area contributed by atoms with Crippen molar-refractivity contribution >= 4 is 50.5 Å². The number of nitrogens with zero attached hydrogens (tertiary/aromatic N) is 1. The molecule has 6 nitrogen and oxygen atoms in total. The average Bonchev–Trinajstić information content (AvgIpc) is 3.32. The molecule has 2 heterocycles. The number of nitrogens with one attached hydrogen (secondary N) is 1. The van der Waals surface area contributed by atoms with Gasteiger partial charge < -0.3 is 10.1 Å². The molecule has 8 heteroatoms. The van der Waals surface area contributed by atoms with E-state index in [0.29, 0.717) is 24.3 Å². The van der Waals surface area contributed by atoms with Crippen molar-refractivity contribution in [2.45, 2.75) is 45.8 Å². The number of thiophene rings is 1. The summed E-state index contributed by atoms with van der Waals surface area (Å²) in [5, 5.41) is 3.68. The normalized spacial score (nSPS) is 11.9. The third-order valence-electron chi connectivity index (χ3n) is 4.20. The van der Waals surface area contributed by atoms with Crippen LogP contribution in [0.1, 0.15) is 46.2 Å². The van der Waals surface area contributed by atoms with E-state index >= 15 is 0 Å². The van der Waals surface area contributed by atoms with Crippen LogP contribution in [0.4, 0.5) is 0 Å². The van der Waals surface area contributed by atoms with Crippen molar-refractivity contribution in [2.24, 2.45) is 0 Å². The number of ether oxygens (including phenoxy) is 1. The van der Waals surface area contributed by atoms with Gasteiger partial charge in [0.1, 0.15) is 0 Å². The summed E-state index contributed by atoms with van der Waals surface area (Å²) < 4.78 is 6.44. The molecule has 2 aromatic heterocycles. The van der Waals surface area contributed by atoms with Crippen molar-refractivity contribution in [3.63, 3.8) is 0 Å². The fourth-order valence-corrected chi connectivity index (χ4v) is 4.71. The Kier molecular flexibility index (Phi) is 7.11. The van der Waals surface area contributed by atoms with Gasteiger partial charge in [-0.05, 0) is 44.0 Å². The number of hydrogen-bond donors (Lipinski definition) is 1. The Morgan fingerprint density at radius 2 is 1.93 bits per heavy atom. The van der Waals surface area contributed by atoms with Gasteiger partial charge in [-0.3, -0.25) is 14.4 Å². The molecule has 0 radical (unpaired) electrons. The molecule has 1 N–H and O–H groups in total. The number of rotatable bonds is 9. The van der Waals surface area contributed by atoms with Crippen molar-refractivity contribution in [1.29, 1.82) is 0 Å². The molecule has 0 aliphatic heterocycles. The van der Waals surface area contributed by atoms with Gasteiger partial charge in [0.25, 0.3) is 0 Å². The van der Waals surface area contributed by atoms with Gasteiger partial charge in [0.2, 0.25) is 11.7 Å². The van der Waals surface area contributed by atoms with E-state index < -0.39 is 6.10 Å². The second kappa shape index (κ2) is 9.76. The highest BCUT2D eigenvalue weighted by Crippen LogP contribution is 2.23. The number of fused-ring (bicyclic) bond motifs is 1. The number of Topliss-reactive ketones (excluding diaryl/α,β-unsaturated/α-hetero) is 1. The summed E-state index contributed by atoms with van der Waals surface area (Å²) in [7, 11) is 0. The molecular formula is C21H22N2O4S2. The quantitative estimate of drug-likeness (QED) is 0.407. The monoisotopic (exact) mass is 430 g/mol. The molecule has 1 aromatic carbocycles. The summed E-state index contributed by atoms with van der Waals surface area (Å²) in [5.74, 6) is -0.745. The Morgan fingerprint density at radius 1 is 1.14 bits per heavy atom. The van der Waals surface area contributed by atoms with E-state index in [1.165, 1.54) is 18.3 Å². The number of carbonyl (C=O) groups is 3. The van der Waals surface area contributed by atoms with Crippen molar-refractivity contribution in [2.75, 3.05) is 0 Å². The van der Waals surface area contributed by atoms with Crippen molar-refractivity contribution < 1.29 is 19.1 Å². The lowest BCUT2D eigenvalue weighted by Gasteiger charge is -2.11. The number of thiazole rings is 1. The van der Waals surface area contributed by atoms with E-state index in [1.807, 2.05) is 24.3 Å². The second-order valence-electron chi connectivity index (χ2n) is 6.60. The first-order valence-corrected chi connectivity index (χ1v) is 11.0. The zero-order chi connectivity index (χ0) is 20.8. The summed E-state index contributed by atoms with van der Waals surface area (Å²) in [4.78, 5) is 41.5. The Balaban J connectivity index is 1.44. The fraction of sp³-hybridized carbons (Fsp3) is 0.333. The van der Waals surface area contributed by atoms with Crippen LogP contribution < -0.4 is 5.32 Å². The molecule has 152 valence electrons. The molecule has 1 unspecified atom stereocenters. The minimum absolute atomic E-state index is 0.126. The number of benzene rings is 1. The smallest absolute Gasteiger partial charge is 0.306 e. The predicted molar refractivity (Wildman–Crippen MR) is 114 cm³/mol. The van der Waals surface area contributed by atoms with Crippen LogP contribution in [-0.4, -0.2) is 28.7 Å². The first-order chi connectivity index (χ1) is 13.9. The molecule has 0 aliphatic carbocycles. The summed E-state index contributed by atoms with van der Waals surface area (Å²) in [5.41, 5.74) is 0.975. The minimum atomic E-state index is -0.836. The number of aryl methyl sites for hydroxylation is 1. The van der Waals surface area contributed by atoms with Crippen LogP contribution >= 0.6 is 22.7 Å². The number of carbonyl (C=O) groups excluding carboxylic acids is 3. The van der Waals surface area contributed by atoms with Crippen LogP contribution in [0.25, 0.3) is 10.2 Å². The van der Waals surface area contributed by atoms with Crippen molar-refractivity contribution in [1.82, 2.24) is 10.3 Å². The second-order valence-corrected chi connectivity index (χ2v) is 8.88. The van der Waals surface area contributed by atoms with Gasteiger partial charge in [-0.15, -0.1) is 22.7 Å². The van der Waals surface area contributed by atoms with Crippen LogP contribution in [-0.2, 0) is 27.3 Å². The predicted octanol–water partition coefficient (Wildman–Crippen LogP) is 4.13. The maximum Gasteiger partial charge on any atom is 0.306 e. The zero-order valence-corrected chi connectivity index (χ0v) is 17.9. The molecule has 0 fully saturated rings. The highest BCUT2D eigenvalue weighted by molar-refractivity contribution is 7.18. The Morgan fingerprint density at radius 3 is 2.69 bits per heavy atom. The topological polar surface area (TPSA) is 85.4 Å². The molecule has 29 heavy (non-hydrogen) atoms. The van der Waals surface area contributed by atoms with E-state index in [-0.39, 0.29) is 24.1 Å². The Bertz CT molecular complexity index is 992. The first kappa shape index (κ1) is 21.1. The van der Waals surface area contributed by atoms with Crippen molar-refractivity contribution in [3.05, 3.63) is 51.2 Å². The molecule has 0 bridgehead atoms. The SMILES string of the molecule is CC(=O)NCc1ccc(C(=O)C(C)OC(=O)CCCc2nc3ccccc3s2)s1. The van der Waals surface area contributed by atoms with Crippen LogP contribution in [0.3, 0.4) is 0 Å². The van der Waals surface area contributed by atoms with Crippen LogP contribution in [0.5, 0.6) is 0 Å². The number of hydrogen-bond acceptors (Lipinski definition) is 7. The van der Waals surface area contributed by atoms with Crippen LogP contribution in [0.2, 0.25) is 0 Å². The van der Waals surface area contributed by atoms with Crippen LogP contribution in [0, 0.1) is 0 Å². The van der Waals surface area contributed by atoms with Gasteiger partial charge in [0.05, 0.1) is 26.6 Å². The van der Waals surface area contributed by atoms with E-state index in [1.54, 1.807) is 30.4 Å². The van der Waals surface area contributed by atoms with E-state index in [4.69, 9.17) is 4.74 Å². The maximum absolute atomic E-state index is 12.5.